The largest absolute Gasteiger partial charge is 0.474 e. The van der Waals surface area contributed by atoms with E-state index in [1.165, 1.54) is 6.33 Å². The second-order valence-corrected chi connectivity index (χ2v) is 10.7. The molecule has 1 atom stereocenters. The SMILES string of the molecule is Cc1nc(S(=O)CCOC(C)C)ccc1Oc1ncnc(OC2CCN(C(=O)OC(C)C)CC2)c1C. The summed E-state index contributed by atoms with van der Waals surface area (Å²) in [7, 11) is -1.26. The number of nitrogens with zero attached hydrogens (tertiary/aromatic N) is 4. The van der Waals surface area contributed by atoms with Crippen LogP contribution < -0.4 is 9.47 Å². The van der Waals surface area contributed by atoms with Crippen molar-refractivity contribution in [2.45, 2.75) is 77.7 Å². The van der Waals surface area contributed by atoms with Crippen LogP contribution in [0, 0.1) is 13.8 Å². The van der Waals surface area contributed by atoms with Crippen molar-refractivity contribution < 1.29 is 28.0 Å². The van der Waals surface area contributed by atoms with E-state index in [4.69, 9.17) is 18.9 Å². The highest BCUT2D eigenvalue weighted by Crippen LogP contribution is 2.30. The number of amides is 1. The van der Waals surface area contributed by atoms with Crippen molar-refractivity contribution in [3.05, 3.63) is 29.7 Å². The second-order valence-electron chi connectivity index (χ2n) is 9.15. The molecule has 3 heterocycles. The van der Waals surface area contributed by atoms with E-state index < -0.39 is 10.8 Å². The van der Waals surface area contributed by atoms with E-state index in [0.29, 0.717) is 72.1 Å². The van der Waals surface area contributed by atoms with Crippen molar-refractivity contribution in [1.82, 2.24) is 19.9 Å². The van der Waals surface area contributed by atoms with Crippen LogP contribution in [0.25, 0.3) is 0 Å². The lowest BCUT2D eigenvalue weighted by atomic mass is 10.1. The number of pyridine rings is 1. The number of aromatic nitrogens is 3. The number of aryl methyl sites for hydroxylation is 1. The first kappa shape index (κ1) is 27.8. The number of carbonyl (C=O) groups is 1. The van der Waals surface area contributed by atoms with Crippen molar-refractivity contribution >= 4 is 16.9 Å². The van der Waals surface area contributed by atoms with Crippen molar-refractivity contribution in [3.8, 4) is 17.5 Å². The maximum Gasteiger partial charge on any atom is 0.410 e. The molecule has 0 saturated carbocycles. The van der Waals surface area contributed by atoms with E-state index in [9.17, 15) is 9.00 Å². The number of carbonyl (C=O) groups excluding carboxylic acids is 1. The van der Waals surface area contributed by atoms with Gasteiger partial charge in [0, 0.05) is 25.9 Å². The number of piperidine rings is 1. The highest BCUT2D eigenvalue weighted by molar-refractivity contribution is 7.85. The third kappa shape index (κ3) is 7.86. The zero-order chi connectivity index (χ0) is 26.2. The molecule has 0 aromatic carbocycles. The zero-order valence-corrected chi connectivity index (χ0v) is 22.7. The van der Waals surface area contributed by atoms with Gasteiger partial charge in [-0.2, -0.15) is 0 Å². The summed E-state index contributed by atoms with van der Waals surface area (Å²) >= 11 is 0. The maximum atomic E-state index is 12.5. The minimum Gasteiger partial charge on any atom is -0.474 e. The molecule has 1 unspecified atom stereocenters. The highest BCUT2D eigenvalue weighted by atomic mass is 32.2. The molecule has 0 spiro atoms. The van der Waals surface area contributed by atoms with E-state index in [1.54, 1.807) is 24.0 Å². The summed E-state index contributed by atoms with van der Waals surface area (Å²) in [6, 6.07) is 3.44. The van der Waals surface area contributed by atoms with Gasteiger partial charge in [-0.25, -0.2) is 19.7 Å². The Balaban J connectivity index is 1.60. The minimum atomic E-state index is -1.26. The smallest absolute Gasteiger partial charge is 0.410 e. The van der Waals surface area contributed by atoms with Gasteiger partial charge in [-0.3, -0.25) is 4.21 Å². The van der Waals surface area contributed by atoms with Gasteiger partial charge in [0.2, 0.25) is 11.8 Å². The van der Waals surface area contributed by atoms with E-state index in [2.05, 4.69) is 15.0 Å². The van der Waals surface area contributed by atoms with Crippen LogP contribution in [0.5, 0.6) is 17.5 Å². The lowest BCUT2D eigenvalue weighted by molar-refractivity contribution is 0.0505. The molecule has 0 aliphatic carbocycles. The number of likely N-dealkylation sites (tertiary alicyclic amines) is 1. The van der Waals surface area contributed by atoms with Crippen LogP contribution in [0.15, 0.2) is 23.5 Å². The Labute approximate surface area is 215 Å². The fourth-order valence-corrected chi connectivity index (χ4v) is 4.47. The molecule has 198 valence electrons. The molecule has 10 nitrogen and oxygen atoms in total. The van der Waals surface area contributed by atoms with Crippen LogP contribution >= 0.6 is 0 Å². The second kappa shape index (κ2) is 13.0. The normalized spacial score (nSPS) is 15.3. The average Bonchev–Trinajstić information content (AvgIpc) is 2.82. The molecule has 1 amide bonds. The quantitative estimate of drug-likeness (QED) is 0.455. The van der Waals surface area contributed by atoms with Crippen LogP contribution in [-0.2, 0) is 20.3 Å². The topological polar surface area (TPSA) is 113 Å². The molecular formula is C25H36N4O6S. The van der Waals surface area contributed by atoms with Crippen LogP contribution in [0.4, 0.5) is 4.79 Å². The zero-order valence-electron chi connectivity index (χ0n) is 21.9. The third-order valence-electron chi connectivity index (χ3n) is 5.48. The van der Waals surface area contributed by atoms with Gasteiger partial charge in [-0.15, -0.1) is 0 Å². The van der Waals surface area contributed by atoms with Gasteiger partial charge >= 0.3 is 6.09 Å². The average molecular weight is 521 g/mol. The fourth-order valence-electron chi connectivity index (χ4n) is 3.56. The van der Waals surface area contributed by atoms with Gasteiger partial charge in [-0.1, -0.05) is 0 Å². The molecule has 36 heavy (non-hydrogen) atoms. The molecule has 0 radical (unpaired) electrons. The number of ether oxygens (including phenoxy) is 4. The fraction of sp³-hybridized carbons (Fsp3) is 0.600. The van der Waals surface area contributed by atoms with Crippen molar-refractivity contribution in [3.63, 3.8) is 0 Å². The van der Waals surface area contributed by atoms with E-state index in [1.807, 2.05) is 34.6 Å². The van der Waals surface area contributed by atoms with Gasteiger partial charge in [0.15, 0.2) is 5.75 Å². The number of rotatable bonds is 10. The Bertz CT molecular complexity index is 1060. The molecule has 0 bridgehead atoms. The molecular weight excluding hydrogens is 484 g/mol. The van der Waals surface area contributed by atoms with Gasteiger partial charge in [-0.05, 0) is 53.7 Å². The molecule has 11 heteroatoms. The molecule has 1 fully saturated rings. The van der Waals surface area contributed by atoms with Crippen LogP contribution in [0.2, 0.25) is 0 Å². The summed E-state index contributed by atoms with van der Waals surface area (Å²) in [4.78, 5) is 26.8. The standard InChI is InChI=1S/C25H36N4O6S/c1-16(2)32-13-14-36(31)22-8-7-21(19(6)28-22)35-24-18(5)23(26-15-27-24)34-20-9-11-29(12-10-20)25(30)33-17(3)4/h7-8,15-17,20H,9-14H2,1-6H3. The van der Waals surface area contributed by atoms with Gasteiger partial charge in [0.25, 0.3) is 0 Å². The lowest BCUT2D eigenvalue weighted by Gasteiger charge is -2.31. The minimum absolute atomic E-state index is 0.0770. The Hall–Kier alpha value is -2.79. The first-order valence-corrected chi connectivity index (χ1v) is 13.5. The summed E-state index contributed by atoms with van der Waals surface area (Å²) in [6.07, 6.45) is 2.34. The molecule has 1 saturated heterocycles. The van der Waals surface area contributed by atoms with Gasteiger partial charge in [0.1, 0.15) is 17.5 Å². The molecule has 3 rings (SSSR count). The van der Waals surface area contributed by atoms with Crippen molar-refractivity contribution in [2.24, 2.45) is 0 Å². The van der Waals surface area contributed by atoms with Crippen LogP contribution in [0.1, 0.15) is 51.8 Å². The van der Waals surface area contributed by atoms with Crippen LogP contribution in [-0.4, -0.2) is 73.9 Å². The third-order valence-corrected chi connectivity index (χ3v) is 6.71. The maximum absolute atomic E-state index is 12.5. The predicted octanol–water partition coefficient (Wildman–Crippen LogP) is 4.20. The van der Waals surface area contributed by atoms with Crippen LogP contribution in [0.3, 0.4) is 0 Å². The first-order chi connectivity index (χ1) is 17.1. The number of hydrogen-bond acceptors (Lipinski definition) is 9. The van der Waals surface area contributed by atoms with E-state index in [-0.39, 0.29) is 24.4 Å². The van der Waals surface area contributed by atoms with Crippen molar-refractivity contribution in [2.75, 3.05) is 25.4 Å². The Morgan fingerprint density at radius 3 is 2.42 bits per heavy atom. The Morgan fingerprint density at radius 1 is 1.08 bits per heavy atom. The monoisotopic (exact) mass is 520 g/mol. The summed E-state index contributed by atoms with van der Waals surface area (Å²) in [5.74, 6) is 1.70. The summed E-state index contributed by atoms with van der Waals surface area (Å²) in [5.41, 5.74) is 1.27. The molecule has 0 N–H and O–H groups in total. The Morgan fingerprint density at radius 2 is 1.78 bits per heavy atom. The van der Waals surface area contributed by atoms with Gasteiger partial charge < -0.3 is 23.8 Å². The Kier molecular flexibility index (Phi) is 10.0. The van der Waals surface area contributed by atoms with E-state index in [0.717, 1.165) is 0 Å². The molecule has 1 aliphatic heterocycles. The lowest BCUT2D eigenvalue weighted by Crippen LogP contribution is -2.42. The van der Waals surface area contributed by atoms with Crippen molar-refractivity contribution in [1.29, 1.82) is 0 Å². The summed E-state index contributed by atoms with van der Waals surface area (Å²) in [6.45, 7) is 12.7. The molecule has 2 aromatic rings. The summed E-state index contributed by atoms with van der Waals surface area (Å²) in [5, 5.41) is 0.485. The summed E-state index contributed by atoms with van der Waals surface area (Å²) < 4.78 is 35.4. The highest BCUT2D eigenvalue weighted by Gasteiger charge is 2.26. The molecule has 2 aromatic heterocycles. The predicted molar refractivity (Wildman–Crippen MR) is 135 cm³/mol. The molecule has 1 aliphatic rings. The van der Waals surface area contributed by atoms with Gasteiger partial charge in [0.05, 0.1) is 46.6 Å². The first-order valence-electron chi connectivity index (χ1n) is 12.2. The number of hydrogen-bond donors (Lipinski definition) is 0. The van der Waals surface area contributed by atoms with E-state index >= 15 is 0 Å².